The summed E-state index contributed by atoms with van der Waals surface area (Å²) in [6, 6.07) is 3.98. The fourth-order valence-electron chi connectivity index (χ4n) is 1.73. The van der Waals surface area contributed by atoms with Gasteiger partial charge in [-0.1, -0.05) is 18.9 Å². The molecule has 116 valence electrons. The zero-order valence-electron chi connectivity index (χ0n) is 11.5. The minimum atomic E-state index is -0.789. The van der Waals surface area contributed by atoms with Crippen LogP contribution < -0.4 is 10.6 Å². The van der Waals surface area contributed by atoms with Gasteiger partial charge in [-0.15, -0.1) is 0 Å². The van der Waals surface area contributed by atoms with Gasteiger partial charge in [-0.3, -0.25) is 4.79 Å². The molecule has 1 rings (SSSR count). The van der Waals surface area contributed by atoms with Crippen LogP contribution in [-0.4, -0.2) is 23.7 Å². The largest absolute Gasteiger partial charge is 0.481 e. The number of aliphatic carboxylic acids is 1. The van der Waals surface area contributed by atoms with Crippen molar-refractivity contribution in [1.82, 2.24) is 5.32 Å². The van der Waals surface area contributed by atoms with Crippen molar-refractivity contribution >= 4 is 33.6 Å². The Morgan fingerprint density at radius 2 is 1.90 bits per heavy atom. The van der Waals surface area contributed by atoms with E-state index in [1.54, 1.807) is 12.1 Å². The lowest BCUT2D eigenvalue weighted by atomic mass is 10.1. The van der Waals surface area contributed by atoms with Crippen molar-refractivity contribution in [3.05, 3.63) is 28.5 Å². The minimum absolute atomic E-state index is 0.108. The third-order valence-corrected chi connectivity index (χ3v) is 3.47. The average molecular weight is 361 g/mol. The highest BCUT2D eigenvalue weighted by molar-refractivity contribution is 9.10. The zero-order chi connectivity index (χ0) is 15.7. The van der Waals surface area contributed by atoms with Crippen molar-refractivity contribution in [3.8, 4) is 0 Å². The highest BCUT2D eigenvalue weighted by Gasteiger charge is 2.09. The predicted molar refractivity (Wildman–Crippen MR) is 81.8 cm³/mol. The van der Waals surface area contributed by atoms with Gasteiger partial charge in [0.15, 0.2) is 0 Å². The molecule has 0 aliphatic carbocycles. The van der Waals surface area contributed by atoms with Crippen molar-refractivity contribution in [1.29, 1.82) is 0 Å². The van der Waals surface area contributed by atoms with E-state index in [1.807, 2.05) is 0 Å². The molecule has 0 atom stereocenters. The number of unbranched alkanes of at least 4 members (excludes halogenated alkanes) is 3. The van der Waals surface area contributed by atoms with Gasteiger partial charge >= 0.3 is 12.0 Å². The first-order chi connectivity index (χ1) is 10.0. The van der Waals surface area contributed by atoms with Crippen LogP contribution in [0, 0.1) is 5.82 Å². The number of carboxylic acid groups (broad SMARTS) is 1. The number of anilines is 1. The number of rotatable bonds is 8. The summed E-state index contributed by atoms with van der Waals surface area (Å²) < 4.78 is 14.0. The smallest absolute Gasteiger partial charge is 0.319 e. The molecule has 0 saturated carbocycles. The Labute approximate surface area is 131 Å². The van der Waals surface area contributed by atoms with Crippen LogP contribution in [0.3, 0.4) is 0 Å². The minimum Gasteiger partial charge on any atom is -0.481 e. The number of amides is 2. The second-order valence-corrected chi connectivity index (χ2v) is 5.39. The van der Waals surface area contributed by atoms with Crippen LogP contribution in [0.4, 0.5) is 14.9 Å². The maximum absolute atomic E-state index is 13.5. The third kappa shape index (κ3) is 7.08. The standard InChI is InChI=1S/C14H18BrFN2O3/c15-10-6-5-7-11(16)13(10)18-14(21)17-9-4-2-1-3-8-12(19)20/h5-7H,1-4,8-9H2,(H,19,20)(H2,17,18,21). The maximum atomic E-state index is 13.5. The monoisotopic (exact) mass is 360 g/mol. The molecule has 5 nitrogen and oxygen atoms in total. The summed E-state index contributed by atoms with van der Waals surface area (Å²) in [4.78, 5) is 21.9. The van der Waals surface area contributed by atoms with E-state index < -0.39 is 17.8 Å². The van der Waals surface area contributed by atoms with Crippen molar-refractivity contribution in [2.45, 2.75) is 32.1 Å². The summed E-state index contributed by atoms with van der Waals surface area (Å²) in [7, 11) is 0. The van der Waals surface area contributed by atoms with Crippen molar-refractivity contribution in [2.24, 2.45) is 0 Å². The quantitative estimate of drug-likeness (QED) is 0.617. The molecule has 1 aromatic rings. The second-order valence-electron chi connectivity index (χ2n) is 4.54. The molecule has 0 saturated heterocycles. The van der Waals surface area contributed by atoms with Crippen molar-refractivity contribution in [2.75, 3.05) is 11.9 Å². The van der Waals surface area contributed by atoms with E-state index >= 15 is 0 Å². The van der Waals surface area contributed by atoms with Gasteiger partial charge in [0.1, 0.15) is 5.82 Å². The lowest BCUT2D eigenvalue weighted by molar-refractivity contribution is -0.137. The molecule has 21 heavy (non-hydrogen) atoms. The van der Waals surface area contributed by atoms with Crippen molar-refractivity contribution < 1.29 is 19.1 Å². The molecule has 3 N–H and O–H groups in total. The SMILES string of the molecule is O=C(O)CCCCCCNC(=O)Nc1c(F)cccc1Br. The van der Waals surface area contributed by atoms with Crippen LogP contribution >= 0.6 is 15.9 Å². The molecule has 0 aliphatic heterocycles. The third-order valence-electron chi connectivity index (χ3n) is 2.80. The van der Waals surface area contributed by atoms with Crippen molar-refractivity contribution in [3.63, 3.8) is 0 Å². The number of carboxylic acids is 1. The van der Waals surface area contributed by atoms with E-state index in [0.717, 1.165) is 19.3 Å². The second kappa shape index (κ2) is 9.33. The molecular weight excluding hydrogens is 343 g/mol. The number of carbonyl (C=O) groups is 2. The lowest BCUT2D eigenvalue weighted by Gasteiger charge is -2.09. The van der Waals surface area contributed by atoms with Crippen LogP contribution in [0.15, 0.2) is 22.7 Å². The van der Waals surface area contributed by atoms with E-state index in [1.165, 1.54) is 6.07 Å². The van der Waals surface area contributed by atoms with E-state index in [0.29, 0.717) is 17.4 Å². The molecule has 0 bridgehead atoms. The first-order valence-corrected chi connectivity index (χ1v) is 7.50. The Morgan fingerprint density at radius 1 is 1.19 bits per heavy atom. The number of carbonyl (C=O) groups excluding carboxylic acids is 1. The Morgan fingerprint density at radius 3 is 2.57 bits per heavy atom. The fraction of sp³-hybridized carbons (Fsp3) is 0.429. The number of urea groups is 1. The molecule has 0 fully saturated rings. The molecular formula is C14H18BrFN2O3. The first kappa shape index (κ1) is 17.4. The van der Waals surface area contributed by atoms with Crippen LogP contribution in [0.1, 0.15) is 32.1 Å². The van der Waals surface area contributed by atoms with E-state index in [9.17, 15) is 14.0 Å². The van der Waals surface area contributed by atoms with Gasteiger partial charge < -0.3 is 15.7 Å². The van der Waals surface area contributed by atoms with Crippen LogP contribution in [0.2, 0.25) is 0 Å². The van der Waals surface area contributed by atoms with Gasteiger partial charge in [-0.05, 0) is 40.9 Å². The molecule has 2 amide bonds. The Balaban J connectivity index is 2.19. The Kier molecular flexibility index (Phi) is 7.74. The van der Waals surface area contributed by atoms with Crippen LogP contribution in [0.5, 0.6) is 0 Å². The molecule has 0 radical (unpaired) electrons. The number of nitrogens with one attached hydrogen (secondary N) is 2. The molecule has 0 heterocycles. The number of halogens is 2. The number of para-hydroxylation sites is 1. The molecule has 0 aromatic heterocycles. The Hall–Kier alpha value is -1.63. The molecule has 1 aromatic carbocycles. The number of benzene rings is 1. The number of hydrogen-bond donors (Lipinski definition) is 3. The van der Waals surface area contributed by atoms with E-state index in [4.69, 9.17) is 5.11 Å². The van der Waals surface area contributed by atoms with Gasteiger partial charge in [0.2, 0.25) is 0 Å². The zero-order valence-corrected chi connectivity index (χ0v) is 13.1. The number of hydrogen-bond acceptors (Lipinski definition) is 2. The van der Waals surface area contributed by atoms with E-state index in [2.05, 4.69) is 26.6 Å². The topological polar surface area (TPSA) is 78.4 Å². The maximum Gasteiger partial charge on any atom is 0.319 e. The van der Waals surface area contributed by atoms with Gasteiger partial charge in [0.05, 0.1) is 5.69 Å². The van der Waals surface area contributed by atoms with Crippen LogP contribution in [0.25, 0.3) is 0 Å². The van der Waals surface area contributed by atoms with Gasteiger partial charge in [-0.2, -0.15) is 0 Å². The summed E-state index contributed by atoms with van der Waals surface area (Å²) in [5.41, 5.74) is 0.108. The average Bonchev–Trinajstić information content (AvgIpc) is 2.41. The molecule has 7 heteroatoms. The lowest BCUT2D eigenvalue weighted by Crippen LogP contribution is -2.30. The fourth-order valence-corrected chi connectivity index (χ4v) is 2.17. The molecule has 0 aliphatic rings. The Bertz CT molecular complexity index is 477. The highest BCUT2D eigenvalue weighted by atomic mass is 79.9. The van der Waals surface area contributed by atoms with Crippen LogP contribution in [-0.2, 0) is 4.79 Å². The van der Waals surface area contributed by atoms with Gasteiger partial charge in [0, 0.05) is 17.4 Å². The van der Waals surface area contributed by atoms with Gasteiger partial charge in [0.25, 0.3) is 0 Å². The normalized spacial score (nSPS) is 10.2. The summed E-state index contributed by atoms with van der Waals surface area (Å²) in [6.07, 6.45) is 3.23. The summed E-state index contributed by atoms with van der Waals surface area (Å²) in [5.74, 6) is -1.30. The predicted octanol–water partition coefficient (Wildman–Crippen LogP) is 3.74. The summed E-state index contributed by atoms with van der Waals surface area (Å²) in [6.45, 7) is 0.463. The highest BCUT2D eigenvalue weighted by Crippen LogP contribution is 2.24. The molecule has 0 spiro atoms. The van der Waals surface area contributed by atoms with Gasteiger partial charge in [-0.25, -0.2) is 9.18 Å². The summed E-state index contributed by atoms with van der Waals surface area (Å²) in [5, 5.41) is 13.6. The van der Waals surface area contributed by atoms with E-state index in [-0.39, 0.29) is 12.1 Å². The first-order valence-electron chi connectivity index (χ1n) is 6.71. The molecule has 0 unspecified atom stereocenters. The summed E-state index contributed by atoms with van der Waals surface area (Å²) >= 11 is 3.17.